The molecule has 212 valence electrons. The van der Waals surface area contributed by atoms with E-state index in [9.17, 15) is 19.2 Å². The van der Waals surface area contributed by atoms with Crippen LogP contribution in [0, 0.1) is 5.92 Å². The van der Waals surface area contributed by atoms with Crippen molar-refractivity contribution in [2.24, 2.45) is 5.92 Å². The van der Waals surface area contributed by atoms with E-state index in [1.165, 1.54) is 4.90 Å². The molecule has 3 amide bonds. The number of rotatable bonds is 11. The smallest absolute Gasteiger partial charge is 0.408 e. The largest absolute Gasteiger partial charge is 0.463 e. The molecule has 0 radical (unpaired) electrons. The van der Waals surface area contributed by atoms with Crippen molar-refractivity contribution in [2.45, 2.75) is 85.4 Å². The number of benzene rings is 1. The Morgan fingerprint density at radius 2 is 1.61 bits per heavy atom. The van der Waals surface area contributed by atoms with Crippen molar-refractivity contribution in [1.82, 2.24) is 15.5 Å². The zero-order valence-electron chi connectivity index (χ0n) is 24.5. The molecule has 38 heavy (non-hydrogen) atoms. The van der Waals surface area contributed by atoms with Gasteiger partial charge in [-0.3, -0.25) is 9.59 Å². The number of alkyl carbamates (subject to hydrolysis) is 1. The van der Waals surface area contributed by atoms with E-state index >= 15 is 0 Å². The number of carbonyl (C=O) groups excluding carboxylic acids is 4. The summed E-state index contributed by atoms with van der Waals surface area (Å²) in [5.41, 5.74) is -0.335. The van der Waals surface area contributed by atoms with Gasteiger partial charge in [0.15, 0.2) is 0 Å². The van der Waals surface area contributed by atoms with Gasteiger partial charge < -0.3 is 25.0 Å². The van der Waals surface area contributed by atoms with Gasteiger partial charge in [0.05, 0.1) is 19.2 Å². The highest BCUT2D eigenvalue weighted by molar-refractivity contribution is 5.91. The summed E-state index contributed by atoms with van der Waals surface area (Å²) in [6, 6.07) is 7.92. The summed E-state index contributed by atoms with van der Waals surface area (Å²) in [6.07, 6.45) is 0.970. The highest BCUT2D eigenvalue weighted by Crippen LogP contribution is 2.28. The van der Waals surface area contributed by atoms with Crippen LogP contribution in [0.1, 0.15) is 67.9 Å². The molecule has 2 N–H and O–H groups in total. The van der Waals surface area contributed by atoms with Gasteiger partial charge in [-0.15, -0.1) is 0 Å². The zero-order chi connectivity index (χ0) is 29.3. The summed E-state index contributed by atoms with van der Waals surface area (Å²) in [5, 5.41) is 5.38. The molecule has 0 spiro atoms. The highest BCUT2D eigenvalue weighted by atomic mass is 16.6. The topological polar surface area (TPSA) is 114 Å². The molecule has 0 saturated carbocycles. The molecule has 0 saturated heterocycles. The van der Waals surface area contributed by atoms with Crippen LogP contribution in [0.5, 0.6) is 0 Å². The van der Waals surface area contributed by atoms with Crippen molar-refractivity contribution >= 4 is 23.9 Å². The fourth-order valence-corrected chi connectivity index (χ4v) is 3.91. The van der Waals surface area contributed by atoms with Gasteiger partial charge >= 0.3 is 12.1 Å². The van der Waals surface area contributed by atoms with Crippen LogP contribution in [-0.2, 0) is 29.3 Å². The maximum atomic E-state index is 13.4. The molecule has 1 aromatic carbocycles. The van der Waals surface area contributed by atoms with Crippen molar-refractivity contribution in [3.63, 3.8) is 0 Å². The van der Waals surface area contributed by atoms with Crippen molar-refractivity contribution in [3.05, 3.63) is 47.5 Å². The minimum absolute atomic E-state index is 0.00243. The monoisotopic (exact) mass is 531 g/mol. The lowest BCUT2D eigenvalue weighted by atomic mass is 9.77. The highest BCUT2D eigenvalue weighted by Gasteiger charge is 2.39. The average molecular weight is 532 g/mol. The second-order valence-corrected chi connectivity index (χ2v) is 11.2. The van der Waals surface area contributed by atoms with Crippen molar-refractivity contribution in [3.8, 4) is 0 Å². The van der Waals surface area contributed by atoms with E-state index in [1.807, 2.05) is 58.0 Å². The molecule has 2 atom stereocenters. The molecule has 0 aliphatic carbocycles. The SMILES string of the molecule is CCOC(=O)/C(C)=C/[C@H](C(C)C)N(C)C(=O)CNC(=O)[C@@H](NC(=O)OC(C)(C)C)C(C)(C)c1ccccc1. The summed E-state index contributed by atoms with van der Waals surface area (Å²) in [4.78, 5) is 52.7. The van der Waals surface area contributed by atoms with Crippen LogP contribution in [0.25, 0.3) is 0 Å². The Bertz CT molecular complexity index is 995. The number of amides is 3. The first-order chi connectivity index (χ1) is 17.5. The van der Waals surface area contributed by atoms with Crippen LogP contribution in [0.4, 0.5) is 4.79 Å². The van der Waals surface area contributed by atoms with E-state index in [1.54, 1.807) is 47.7 Å². The molecule has 0 heterocycles. The second kappa shape index (κ2) is 14.0. The Labute approximate surface area is 227 Å². The maximum absolute atomic E-state index is 13.4. The van der Waals surface area contributed by atoms with Gasteiger partial charge in [-0.1, -0.05) is 64.1 Å². The van der Waals surface area contributed by atoms with Gasteiger partial charge in [0, 0.05) is 18.0 Å². The van der Waals surface area contributed by atoms with E-state index < -0.39 is 35.0 Å². The average Bonchev–Trinajstić information content (AvgIpc) is 2.82. The number of esters is 1. The van der Waals surface area contributed by atoms with E-state index in [-0.39, 0.29) is 31.0 Å². The minimum Gasteiger partial charge on any atom is -0.463 e. The van der Waals surface area contributed by atoms with Gasteiger partial charge in [0.25, 0.3) is 0 Å². The first-order valence-electron chi connectivity index (χ1n) is 12.9. The Morgan fingerprint density at radius 3 is 2.11 bits per heavy atom. The fraction of sp³-hybridized carbons (Fsp3) is 0.586. The molecule has 9 nitrogen and oxygen atoms in total. The van der Waals surface area contributed by atoms with Crippen LogP contribution >= 0.6 is 0 Å². The fourth-order valence-electron chi connectivity index (χ4n) is 3.91. The molecule has 0 aliphatic rings. The number of hydrogen-bond donors (Lipinski definition) is 2. The number of carbonyl (C=O) groups is 4. The number of ether oxygens (including phenoxy) is 2. The van der Waals surface area contributed by atoms with Gasteiger partial charge in [0.1, 0.15) is 11.6 Å². The van der Waals surface area contributed by atoms with Crippen LogP contribution in [0.3, 0.4) is 0 Å². The van der Waals surface area contributed by atoms with E-state index in [4.69, 9.17) is 9.47 Å². The minimum atomic E-state index is -1.02. The maximum Gasteiger partial charge on any atom is 0.408 e. The summed E-state index contributed by atoms with van der Waals surface area (Å²) >= 11 is 0. The first-order valence-corrected chi connectivity index (χ1v) is 12.9. The van der Waals surface area contributed by atoms with Gasteiger partial charge in [-0.2, -0.15) is 0 Å². The molecule has 0 unspecified atom stereocenters. The predicted octanol–water partition coefficient (Wildman–Crippen LogP) is 3.97. The van der Waals surface area contributed by atoms with Gasteiger partial charge in [0.2, 0.25) is 11.8 Å². The zero-order valence-corrected chi connectivity index (χ0v) is 24.5. The number of nitrogens with one attached hydrogen (secondary N) is 2. The Kier molecular flexibility index (Phi) is 12.0. The lowest BCUT2D eigenvalue weighted by Gasteiger charge is -2.35. The van der Waals surface area contributed by atoms with E-state index in [2.05, 4.69) is 10.6 Å². The van der Waals surface area contributed by atoms with Crippen molar-refractivity contribution < 1.29 is 28.7 Å². The lowest BCUT2D eigenvalue weighted by molar-refractivity contribution is -0.138. The quantitative estimate of drug-likeness (QED) is 0.330. The number of hydrogen-bond acceptors (Lipinski definition) is 6. The number of likely N-dealkylation sites (N-methyl/N-ethyl adjacent to an activating group) is 1. The van der Waals surface area contributed by atoms with Crippen molar-refractivity contribution in [2.75, 3.05) is 20.2 Å². The normalized spacial score (nSPS) is 13.8. The Morgan fingerprint density at radius 1 is 1.03 bits per heavy atom. The van der Waals surface area contributed by atoms with Gasteiger partial charge in [-0.25, -0.2) is 9.59 Å². The van der Waals surface area contributed by atoms with E-state index in [0.29, 0.717) is 5.57 Å². The number of nitrogens with zero attached hydrogens (tertiary/aromatic N) is 1. The van der Waals surface area contributed by atoms with Crippen LogP contribution in [0.2, 0.25) is 0 Å². The summed E-state index contributed by atoms with van der Waals surface area (Å²) < 4.78 is 10.4. The molecular formula is C29H45N3O6. The van der Waals surface area contributed by atoms with Crippen LogP contribution < -0.4 is 10.6 Å². The molecule has 0 aromatic heterocycles. The lowest BCUT2D eigenvalue weighted by Crippen LogP contribution is -2.58. The first kappa shape index (κ1) is 32.7. The van der Waals surface area contributed by atoms with E-state index in [0.717, 1.165) is 5.56 Å². The third-order valence-electron chi connectivity index (χ3n) is 6.12. The van der Waals surface area contributed by atoms with Gasteiger partial charge in [-0.05, 0) is 46.1 Å². The Hall–Kier alpha value is -3.36. The van der Waals surface area contributed by atoms with Crippen LogP contribution in [-0.4, -0.2) is 66.7 Å². The molecule has 0 aliphatic heterocycles. The standard InChI is InChI=1S/C29H45N3O6/c1-11-37-26(35)20(4)17-22(19(2)3)32(10)23(33)18-30-25(34)24(31-27(36)38-28(5,6)7)29(8,9)21-15-13-12-14-16-21/h12-17,19,22,24H,11,18H2,1-10H3,(H,30,34)(H,31,36)/b20-17+/t22-,24-/m1/s1. The molecule has 1 rings (SSSR count). The third kappa shape index (κ3) is 9.84. The predicted molar refractivity (Wildman–Crippen MR) is 147 cm³/mol. The summed E-state index contributed by atoms with van der Waals surface area (Å²) in [7, 11) is 1.62. The third-order valence-corrected chi connectivity index (χ3v) is 6.12. The van der Waals surface area contributed by atoms with Crippen molar-refractivity contribution in [1.29, 1.82) is 0 Å². The molecule has 1 aromatic rings. The molecular weight excluding hydrogens is 486 g/mol. The molecule has 9 heteroatoms. The second-order valence-electron chi connectivity index (χ2n) is 11.2. The molecule has 0 fully saturated rings. The summed E-state index contributed by atoms with van der Waals surface area (Å²) in [6.45, 7) is 16.1. The van der Waals surface area contributed by atoms with Crippen LogP contribution in [0.15, 0.2) is 42.0 Å². The molecule has 0 bridgehead atoms. The Balaban J connectivity index is 3.11. The summed E-state index contributed by atoms with van der Waals surface area (Å²) in [5.74, 6) is -1.31.